The summed E-state index contributed by atoms with van der Waals surface area (Å²) in [5, 5.41) is 9.54. The van der Waals surface area contributed by atoms with E-state index in [2.05, 4.69) is 14.9 Å². The predicted molar refractivity (Wildman–Crippen MR) is 59.1 cm³/mol. The summed E-state index contributed by atoms with van der Waals surface area (Å²) in [7, 11) is 0. The van der Waals surface area contributed by atoms with Crippen LogP contribution in [0.4, 0.5) is 5.82 Å². The Balaban J connectivity index is 2.09. The lowest BCUT2D eigenvalue weighted by Crippen LogP contribution is -2.37. The first-order chi connectivity index (χ1) is 7.29. The number of rotatable bonds is 2. The second-order valence-electron chi connectivity index (χ2n) is 3.84. The maximum atomic E-state index is 9.12. The highest BCUT2D eigenvalue weighted by molar-refractivity contribution is 6.29. The van der Waals surface area contributed by atoms with E-state index in [0.29, 0.717) is 11.1 Å². The van der Waals surface area contributed by atoms with Gasteiger partial charge in [0.25, 0.3) is 0 Å². The highest BCUT2D eigenvalue weighted by Crippen LogP contribution is 2.21. The van der Waals surface area contributed by atoms with Gasteiger partial charge in [0.2, 0.25) is 0 Å². The van der Waals surface area contributed by atoms with Gasteiger partial charge in [-0.15, -0.1) is 0 Å². The van der Waals surface area contributed by atoms with Crippen LogP contribution >= 0.6 is 11.6 Å². The van der Waals surface area contributed by atoms with Gasteiger partial charge in [-0.3, -0.25) is 4.98 Å². The van der Waals surface area contributed by atoms with Crippen molar-refractivity contribution in [3.05, 3.63) is 17.5 Å². The Morgan fingerprint density at radius 1 is 1.53 bits per heavy atom. The number of aliphatic hydroxyl groups excluding tert-OH is 1. The van der Waals surface area contributed by atoms with E-state index < -0.39 is 0 Å². The van der Waals surface area contributed by atoms with Gasteiger partial charge in [-0.2, -0.15) is 0 Å². The number of aromatic nitrogens is 2. The van der Waals surface area contributed by atoms with Crippen LogP contribution < -0.4 is 4.90 Å². The van der Waals surface area contributed by atoms with Crippen LogP contribution in [0.2, 0.25) is 5.15 Å². The van der Waals surface area contributed by atoms with Crippen molar-refractivity contribution in [1.82, 2.24) is 9.97 Å². The van der Waals surface area contributed by atoms with Gasteiger partial charge in [-0.05, 0) is 18.8 Å². The van der Waals surface area contributed by atoms with Crippen molar-refractivity contribution in [2.75, 3.05) is 24.6 Å². The minimum atomic E-state index is 0.241. The second kappa shape index (κ2) is 4.77. The molecule has 2 rings (SSSR count). The molecule has 0 aliphatic carbocycles. The molecule has 4 nitrogen and oxygen atoms in total. The molecule has 0 radical (unpaired) electrons. The molecule has 2 heterocycles. The summed E-state index contributed by atoms with van der Waals surface area (Å²) < 4.78 is 0. The molecule has 0 amide bonds. The highest BCUT2D eigenvalue weighted by atomic mass is 35.5. The van der Waals surface area contributed by atoms with Crippen LogP contribution in [0.1, 0.15) is 12.8 Å². The molecule has 1 aliphatic rings. The monoisotopic (exact) mass is 227 g/mol. The van der Waals surface area contributed by atoms with Gasteiger partial charge in [0.05, 0.1) is 12.4 Å². The Bertz CT molecular complexity index is 334. The van der Waals surface area contributed by atoms with Crippen LogP contribution in [0.25, 0.3) is 0 Å². The topological polar surface area (TPSA) is 49.2 Å². The Morgan fingerprint density at radius 2 is 2.40 bits per heavy atom. The zero-order valence-corrected chi connectivity index (χ0v) is 9.19. The molecular weight excluding hydrogens is 214 g/mol. The smallest absolute Gasteiger partial charge is 0.149 e. The second-order valence-corrected chi connectivity index (χ2v) is 4.22. The average Bonchev–Trinajstić information content (AvgIpc) is 2.29. The summed E-state index contributed by atoms with van der Waals surface area (Å²) in [5.74, 6) is 1.15. The summed E-state index contributed by atoms with van der Waals surface area (Å²) in [6, 6.07) is 0. The molecule has 0 spiro atoms. The zero-order chi connectivity index (χ0) is 10.7. The SMILES string of the molecule is OC[C@@H]1CCCN(c2cncc(Cl)n2)C1. The molecule has 1 atom stereocenters. The fourth-order valence-electron chi connectivity index (χ4n) is 1.91. The molecule has 0 saturated carbocycles. The first kappa shape index (κ1) is 10.6. The summed E-state index contributed by atoms with van der Waals surface area (Å²) in [6.45, 7) is 2.04. The summed E-state index contributed by atoms with van der Waals surface area (Å²) >= 11 is 5.78. The van der Waals surface area contributed by atoms with Crippen LogP contribution in [0.5, 0.6) is 0 Å². The zero-order valence-electron chi connectivity index (χ0n) is 8.43. The first-order valence-electron chi connectivity index (χ1n) is 5.13. The van der Waals surface area contributed by atoms with Crippen molar-refractivity contribution in [3.8, 4) is 0 Å². The minimum absolute atomic E-state index is 0.241. The number of aliphatic hydroxyl groups is 1. The molecule has 0 bridgehead atoms. The Hall–Kier alpha value is -0.870. The Kier molecular flexibility index (Phi) is 3.38. The van der Waals surface area contributed by atoms with Gasteiger partial charge in [0.1, 0.15) is 11.0 Å². The van der Waals surface area contributed by atoms with Crippen LogP contribution in [-0.2, 0) is 0 Å². The van der Waals surface area contributed by atoms with Crippen LogP contribution in [0.15, 0.2) is 12.4 Å². The minimum Gasteiger partial charge on any atom is -0.396 e. The predicted octanol–water partition coefficient (Wildman–Crippen LogP) is 1.34. The lowest BCUT2D eigenvalue weighted by Gasteiger charge is -2.32. The van der Waals surface area contributed by atoms with E-state index >= 15 is 0 Å². The standard InChI is InChI=1S/C10H14ClN3O/c11-9-4-12-5-10(13-9)14-3-1-2-8(6-14)7-15/h4-5,8,15H,1-3,6-7H2/t8-/m1/s1. The van der Waals surface area contributed by atoms with E-state index in [1.165, 1.54) is 6.20 Å². The number of halogens is 1. The number of hydrogen-bond donors (Lipinski definition) is 1. The van der Waals surface area contributed by atoms with Gasteiger partial charge in [0, 0.05) is 19.7 Å². The van der Waals surface area contributed by atoms with Crippen LogP contribution in [0, 0.1) is 5.92 Å². The number of nitrogens with zero attached hydrogens (tertiary/aromatic N) is 3. The molecule has 1 aliphatic heterocycles. The fourth-order valence-corrected chi connectivity index (χ4v) is 2.05. The lowest BCUT2D eigenvalue weighted by molar-refractivity contribution is 0.208. The van der Waals surface area contributed by atoms with E-state index in [0.717, 1.165) is 31.7 Å². The maximum Gasteiger partial charge on any atom is 0.149 e. The Morgan fingerprint density at radius 3 is 3.13 bits per heavy atom. The van der Waals surface area contributed by atoms with Crippen LogP contribution in [-0.4, -0.2) is 34.8 Å². The average molecular weight is 228 g/mol. The van der Waals surface area contributed by atoms with Crippen molar-refractivity contribution < 1.29 is 5.11 Å². The molecule has 1 N–H and O–H groups in total. The van der Waals surface area contributed by atoms with E-state index in [4.69, 9.17) is 16.7 Å². The quantitative estimate of drug-likeness (QED) is 0.829. The van der Waals surface area contributed by atoms with Gasteiger partial charge in [0.15, 0.2) is 0 Å². The van der Waals surface area contributed by atoms with Crippen LogP contribution in [0.3, 0.4) is 0 Å². The molecule has 0 unspecified atom stereocenters. The largest absolute Gasteiger partial charge is 0.396 e. The van der Waals surface area contributed by atoms with E-state index in [1.807, 2.05) is 0 Å². The van der Waals surface area contributed by atoms with Gasteiger partial charge < -0.3 is 10.0 Å². The summed E-state index contributed by atoms with van der Waals surface area (Å²) in [4.78, 5) is 10.4. The summed E-state index contributed by atoms with van der Waals surface area (Å²) in [5.41, 5.74) is 0. The third kappa shape index (κ3) is 2.58. The van der Waals surface area contributed by atoms with Crippen molar-refractivity contribution in [2.45, 2.75) is 12.8 Å². The van der Waals surface area contributed by atoms with E-state index in [1.54, 1.807) is 6.20 Å². The molecule has 1 aromatic heterocycles. The van der Waals surface area contributed by atoms with E-state index in [-0.39, 0.29) is 6.61 Å². The molecule has 15 heavy (non-hydrogen) atoms. The molecule has 0 aromatic carbocycles. The highest BCUT2D eigenvalue weighted by Gasteiger charge is 2.20. The third-order valence-electron chi connectivity index (χ3n) is 2.69. The molecular formula is C10H14ClN3O. The van der Waals surface area contributed by atoms with Gasteiger partial charge in [-0.1, -0.05) is 11.6 Å². The van der Waals surface area contributed by atoms with Crippen molar-refractivity contribution in [1.29, 1.82) is 0 Å². The van der Waals surface area contributed by atoms with Gasteiger partial charge >= 0.3 is 0 Å². The van der Waals surface area contributed by atoms with Gasteiger partial charge in [-0.25, -0.2) is 4.98 Å². The number of anilines is 1. The molecule has 1 saturated heterocycles. The maximum absolute atomic E-state index is 9.12. The fraction of sp³-hybridized carbons (Fsp3) is 0.600. The molecule has 82 valence electrons. The summed E-state index contributed by atoms with van der Waals surface area (Å²) in [6.07, 6.45) is 5.41. The first-order valence-corrected chi connectivity index (χ1v) is 5.50. The van der Waals surface area contributed by atoms with Crippen molar-refractivity contribution >= 4 is 17.4 Å². The number of hydrogen-bond acceptors (Lipinski definition) is 4. The van der Waals surface area contributed by atoms with Crippen molar-refractivity contribution in [3.63, 3.8) is 0 Å². The normalized spacial score (nSPS) is 21.7. The van der Waals surface area contributed by atoms with E-state index in [9.17, 15) is 0 Å². The molecule has 1 fully saturated rings. The lowest BCUT2D eigenvalue weighted by atomic mass is 9.99. The van der Waals surface area contributed by atoms with Crippen molar-refractivity contribution in [2.24, 2.45) is 5.92 Å². The molecule has 1 aromatic rings. The molecule has 5 heteroatoms. The number of piperidine rings is 1. The Labute approximate surface area is 93.9 Å². The third-order valence-corrected chi connectivity index (χ3v) is 2.88.